The number of nitrogens with one attached hydrogen (secondary N) is 1. The van der Waals surface area contributed by atoms with E-state index in [1.54, 1.807) is 18.3 Å². The molecule has 6 nitrogen and oxygen atoms in total. The van der Waals surface area contributed by atoms with Gasteiger partial charge < -0.3 is 9.42 Å². The molecule has 1 aliphatic rings. The topological polar surface area (TPSA) is 75.4 Å². The average Bonchev–Trinajstić information content (AvgIpc) is 3.54. The molecule has 1 N–H and O–H groups in total. The van der Waals surface area contributed by atoms with Gasteiger partial charge in [-0.3, -0.25) is 14.9 Å². The number of thiophene rings is 1. The minimum Gasteiger partial charge on any atom is -0.338 e. The fourth-order valence-electron chi connectivity index (χ4n) is 3.87. The molecule has 0 saturated carbocycles. The van der Waals surface area contributed by atoms with Gasteiger partial charge in [0.25, 0.3) is 5.91 Å². The summed E-state index contributed by atoms with van der Waals surface area (Å²) in [4.78, 5) is 27.1. The van der Waals surface area contributed by atoms with E-state index >= 15 is 0 Å². The number of aryl methyl sites for hydroxylation is 1. The number of aromatic nitrogens is 1. The van der Waals surface area contributed by atoms with Crippen molar-refractivity contribution in [1.29, 1.82) is 0 Å². The number of hydrogen-bond acceptors (Lipinski definition) is 6. The van der Waals surface area contributed by atoms with Crippen molar-refractivity contribution < 1.29 is 14.1 Å². The molecular formula is C31H43N3O3S. The summed E-state index contributed by atoms with van der Waals surface area (Å²) in [6.07, 6.45) is 15.4. The summed E-state index contributed by atoms with van der Waals surface area (Å²) >= 11 is 1.67. The first-order chi connectivity index (χ1) is 18.1. The molecule has 2 aromatic rings. The monoisotopic (exact) mass is 537 g/mol. The average molecular weight is 538 g/mol. The predicted molar refractivity (Wildman–Crippen MR) is 158 cm³/mol. The summed E-state index contributed by atoms with van der Waals surface area (Å²) < 4.78 is 5.32. The van der Waals surface area contributed by atoms with Crippen LogP contribution in [0.2, 0.25) is 0 Å². The van der Waals surface area contributed by atoms with Crippen LogP contribution in [0.4, 0.5) is 5.88 Å². The van der Waals surface area contributed by atoms with E-state index in [1.807, 2.05) is 53.8 Å². The third-order valence-corrected chi connectivity index (χ3v) is 7.79. The third-order valence-electron chi connectivity index (χ3n) is 6.61. The largest absolute Gasteiger partial charge is 0.338 e. The first-order valence-electron chi connectivity index (χ1n) is 13.5. The Morgan fingerprint density at radius 1 is 1.21 bits per heavy atom. The van der Waals surface area contributed by atoms with E-state index in [2.05, 4.69) is 51.7 Å². The van der Waals surface area contributed by atoms with E-state index in [0.29, 0.717) is 11.6 Å². The highest BCUT2D eigenvalue weighted by Gasteiger charge is 2.24. The molecule has 0 aromatic carbocycles. The van der Waals surface area contributed by atoms with Crippen LogP contribution in [0, 0.1) is 0 Å². The Kier molecular flexibility index (Phi) is 12.0. The molecule has 206 valence electrons. The van der Waals surface area contributed by atoms with Crippen LogP contribution >= 0.6 is 11.3 Å². The molecule has 0 fully saturated rings. The molecule has 0 radical (unpaired) electrons. The van der Waals surface area contributed by atoms with Crippen LogP contribution in [0.3, 0.4) is 0 Å². The minimum absolute atomic E-state index is 0.0590. The summed E-state index contributed by atoms with van der Waals surface area (Å²) in [6, 6.07) is 1.83. The summed E-state index contributed by atoms with van der Waals surface area (Å²) in [6.45, 7) is 18.1. The van der Waals surface area contributed by atoms with Gasteiger partial charge in [0.05, 0.1) is 17.0 Å². The maximum Gasteiger partial charge on any atom is 0.259 e. The van der Waals surface area contributed by atoms with Gasteiger partial charge >= 0.3 is 0 Å². The van der Waals surface area contributed by atoms with Crippen molar-refractivity contribution in [3.63, 3.8) is 0 Å². The lowest BCUT2D eigenvalue weighted by Crippen LogP contribution is -2.20. The first kappa shape index (κ1) is 31.0. The Labute approximate surface area is 232 Å². The predicted octanol–water partition coefficient (Wildman–Crippen LogP) is 8.35. The number of carbonyl (C=O) groups is 2. The quantitative estimate of drug-likeness (QED) is 0.292. The van der Waals surface area contributed by atoms with Gasteiger partial charge in [0.2, 0.25) is 5.88 Å². The van der Waals surface area contributed by atoms with E-state index in [-0.39, 0.29) is 17.1 Å². The van der Waals surface area contributed by atoms with E-state index < -0.39 is 0 Å². The Bertz CT molecular complexity index is 1200. The Morgan fingerprint density at radius 3 is 2.53 bits per heavy atom. The first-order valence-corrected chi connectivity index (χ1v) is 14.4. The Balaban J connectivity index is 0.000000308. The van der Waals surface area contributed by atoms with Gasteiger partial charge in [-0.15, -0.1) is 11.3 Å². The summed E-state index contributed by atoms with van der Waals surface area (Å²) in [5.74, 6) is 0.379. The molecule has 3 heterocycles. The molecule has 0 aliphatic carbocycles. The van der Waals surface area contributed by atoms with Crippen molar-refractivity contribution in [2.45, 2.75) is 92.4 Å². The lowest BCUT2D eigenvalue weighted by Gasteiger charge is -2.24. The van der Waals surface area contributed by atoms with Gasteiger partial charge in [-0.1, -0.05) is 71.9 Å². The van der Waals surface area contributed by atoms with Crippen molar-refractivity contribution in [2.24, 2.45) is 0 Å². The van der Waals surface area contributed by atoms with Crippen LogP contribution in [-0.2, 0) is 23.1 Å². The van der Waals surface area contributed by atoms with E-state index in [0.717, 1.165) is 55.5 Å². The lowest BCUT2D eigenvalue weighted by atomic mass is 9.87. The maximum absolute atomic E-state index is 12.7. The van der Waals surface area contributed by atoms with Gasteiger partial charge in [0.15, 0.2) is 5.78 Å². The minimum atomic E-state index is -0.103. The van der Waals surface area contributed by atoms with Crippen LogP contribution in [0.1, 0.15) is 101 Å². The number of hydrogen-bond donors (Lipinski definition) is 1. The number of carbonyl (C=O) groups excluding carboxylic acids is 2. The molecular weight excluding hydrogens is 494 g/mol. The molecule has 3 rings (SSSR count). The molecule has 38 heavy (non-hydrogen) atoms. The number of unbranched alkanes of at least 4 members (excludes halogenated alkanes) is 1. The maximum atomic E-state index is 12.7. The molecule has 1 aliphatic heterocycles. The van der Waals surface area contributed by atoms with Crippen LogP contribution in [0.15, 0.2) is 64.4 Å². The summed E-state index contributed by atoms with van der Waals surface area (Å²) in [5, 5.41) is 8.94. The van der Waals surface area contributed by atoms with Crippen molar-refractivity contribution in [3.05, 3.63) is 81.6 Å². The highest BCUT2D eigenvalue weighted by Crippen LogP contribution is 2.29. The SMILES string of the molecule is C=C1C=CC=CN1/C(=C\CC)C(C)=O.CCCCc1c(C(=O)Nc2cc(C(C)(C)CC)no2)csc1CC. The number of anilines is 1. The van der Waals surface area contributed by atoms with Crippen molar-refractivity contribution >= 4 is 28.9 Å². The highest BCUT2D eigenvalue weighted by atomic mass is 32.1. The fraction of sp³-hybridized carbons (Fsp3) is 0.452. The smallest absolute Gasteiger partial charge is 0.259 e. The number of rotatable bonds is 11. The standard InChI is InChI=1S/C19H28N2O2S.C12H15NO/c1-6-9-10-13-14(12-24-15(13)7-2)18(22)20-17-11-16(21-23-17)19(4,5)8-3;1-4-7-12(11(3)14)13-9-6-5-8-10(13)2/h11-12H,6-10H2,1-5H3,(H,20,22);5-9H,2,4H2,1,3H3/b;12-7-. The van der Waals surface area contributed by atoms with E-state index in [4.69, 9.17) is 4.52 Å². The third kappa shape index (κ3) is 8.15. The number of allylic oxidation sites excluding steroid dienone is 5. The van der Waals surface area contributed by atoms with Crippen molar-refractivity contribution in [3.8, 4) is 0 Å². The van der Waals surface area contributed by atoms with Crippen LogP contribution in [0.5, 0.6) is 0 Å². The molecule has 0 spiro atoms. The number of Topliss-reactive ketones (excluding diaryl/α,β-unsaturated/α-hetero) is 1. The van der Waals surface area contributed by atoms with Gasteiger partial charge in [0.1, 0.15) is 0 Å². The van der Waals surface area contributed by atoms with Crippen molar-refractivity contribution in [1.82, 2.24) is 10.1 Å². The van der Waals surface area contributed by atoms with E-state index in [1.165, 1.54) is 10.4 Å². The van der Waals surface area contributed by atoms with Gasteiger partial charge in [0, 0.05) is 40.6 Å². The molecule has 7 heteroatoms. The fourth-order valence-corrected chi connectivity index (χ4v) is 4.90. The number of nitrogens with zero attached hydrogens (tertiary/aromatic N) is 2. The van der Waals surface area contributed by atoms with E-state index in [9.17, 15) is 9.59 Å². The highest BCUT2D eigenvalue weighted by molar-refractivity contribution is 7.10. The second-order valence-corrected chi connectivity index (χ2v) is 10.9. The summed E-state index contributed by atoms with van der Waals surface area (Å²) in [7, 11) is 0. The molecule has 1 amide bonds. The van der Waals surface area contributed by atoms with Gasteiger partial charge in [-0.05, 0) is 49.8 Å². The van der Waals surface area contributed by atoms with Crippen LogP contribution < -0.4 is 5.32 Å². The zero-order chi connectivity index (χ0) is 28.3. The molecule has 0 unspecified atom stereocenters. The molecule has 0 atom stereocenters. The van der Waals surface area contributed by atoms with Crippen LogP contribution in [-0.4, -0.2) is 21.7 Å². The number of ketones is 1. The van der Waals surface area contributed by atoms with Crippen molar-refractivity contribution in [2.75, 3.05) is 5.32 Å². The zero-order valence-corrected chi connectivity index (χ0v) is 24.8. The second-order valence-electron chi connectivity index (χ2n) is 9.89. The van der Waals surface area contributed by atoms with Gasteiger partial charge in [-0.2, -0.15) is 0 Å². The molecule has 0 bridgehead atoms. The lowest BCUT2D eigenvalue weighted by molar-refractivity contribution is -0.114. The van der Waals surface area contributed by atoms with Crippen LogP contribution in [0.25, 0.3) is 0 Å². The van der Waals surface area contributed by atoms with Gasteiger partial charge in [-0.25, -0.2) is 0 Å². The molecule has 2 aromatic heterocycles. The second kappa shape index (κ2) is 14.7. The number of amides is 1. The zero-order valence-electron chi connectivity index (χ0n) is 24.0. The Hall–Kier alpha value is -3.19. The molecule has 0 saturated heterocycles. The normalized spacial score (nSPS) is 13.4. The Morgan fingerprint density at radius 2 is 1.95 bits per heavy atom. The summed E-state index contributed by atoms with van der Waals surface area (Å²) in [5.41, 5.74) is 4.29.